The van der Waals surface area contributed by atoms with E-state index in [0.29, 0.717) is 0 Å². The molecule has 0 aliphatic carbocycles. The van der Waals surface area contributed by atoms with Gasteiger partial charge in [-0.05, 0) is 13.3 Å². The third-order valence-corrected chi connectivity index (χ3v) is 0.479. The number of hydrogen-bond donors (Lipinski definition) is 0. The Labute approximate surface area is 39.6 Å². The normalized spacial score (nSPS) is 6.33. The Hall–Kier alpha value is -0.440. The van der Waals surface area contributed by atoms with Gasteiger partial charge in [0, 0.05) is 6.42 Å². The van der Waals surface area contributed by atoms with Crippen molar-refractivity contribution >= 4 is 0 Å². The number of rotatable bonds is 1. The van der Waals surface area contributed by atoms with Crippen LogP contribution < -0.4 is 0 Å². The Morgan fingerprint density at radius 3 is 2.50 bits per heavy atom. The summed E-state index contributed by atoms with van der Waals surface area (Å²) in [6, 6.07) is 0. The van der Waals surface area contributed by atoms with Crippen LogP contribution in [-0.4, -0.2) is 0 Å². The Kier molecular flexibility index (Phi) is 4.23. The molecule has 0 spiro atoms. The Morgan fingerprint density at radius 1 is 1.67 bits per heavy atom. The highest BCUT2D eigenvalue weighted by molar-refractivity contribution is 4.94. The predicted octanol–water partition coefficient (Wildman–Crippen LogP) is 1.62. The molecule has 0 aromatic rings. The molecular weight excluding hydrogens is 72.1 g/mol. The molecule has 0 bridgehead atoms. The standard InChI is InChI=1S/C6H9/c1-3-5-6-4-2/h1,3,5H2,2H3. The largest absolute Gasteiger partial charge is 0.107 e. The molecule has 0 atom stereocenters. The minimum absolute atomic E-state index is 0.931. The zero-order valence-electron chi connectivity index (χ0n) is 4.12. The first-order valence-corrected chi connectivity index (χ1v) is 2.10. The molecule has 1 radical (unpaired) electrons. The minimum Gasteiger partial charge on any atom is -0.107 e. The highest BCUT2D eigenvalue weighted by atomic mass is 13.7. The van der Waals surface area contributed by atoms with Gasteiger partial charge in [0.05, 0.1) is 0 Å². The molecule has 0 saturated heterocycles. The van der Waals surface area contributed by atoms with E-state index in [9.17, 15) is 0 Å². The van der Waals surface area contributed by atoms with Crippen LogP contribution in [0.3, 0.4) is 0 Å². The molecule has 0 aromatic heterocycles. The summed E-state index contributed by atoms with van der Waals surface area (Å²) in [6.45, 7) is 5.46. The zero-order valence-corrected chi connectivity index (χ0v) is 4.12. The average Bonchev–Trinajstić information content (AvgIpc) is 1.61. The van der Waals surface area contributed by atoms with Crippen molar-refractivity contribution in [3.63, 3.8) is 0 Å². The first-order chi connectivity index (χ1) is 2.91. The van der Waals surface area contributed by atoms with Crippen LogP contribution in [0, 0.1) is 18.8 Å². The van der Waals surface area contributed by atoms with Gasteiger partial charge in [-0.15, -0.1) is 11.8 Å². The van der Waals surface area contributed by atoms with Crippen molar-refractivity contribution in [1.82, 2.24) is 0 Å². The van der Waals surface area contributed by atoms with Crippen molar-refractivity contribution in [2.24, 2.45) is 0 Å². The molecule has 0 amide bonds. The SMILES string of the molecule is [CH2]CCC#CC. The summed E-state index contributed by atoms with van der Waals surface area (Å²) in [5.74, 6) is 5.66. The number of unbranched alkanes of at least 4 members (excludes halogenated alkanes) is 1. The summed E-state index contributed by atoms with van der Waals surface area (Å²) in [7, 11) is 0. The van der Waals surface area contributed by atoms with Crippen LogP contribution in [0.15, 0.2) is 0 Å². The van der Waals surface area contributed by atoms with Crippen LogP contribution >= 0.6 is 0 Å². The summed E-state index contributed by atoms with van der Waals surface area (Å²) >= 11 is 0. The van der Waals surface area contributed by atoms with E-state index in [2.05, 4.69) is 18.8 Å². The molecule has 0 heteroatoms. The lowest BCUT2D eigenvalue weighted by Crippen LogP contribution is -1.57. The fraction of sp³-hybridized carbons (Fsp3) is 0.500. The second-order valence-electron chi connectivity index (χ2n) is 1.03. The smallest absolute Gasteiger partial charge is 0.00885 e. The van der Waals surface area contributed by atoms with Gasteiger partial charge in [0.15, 0.2) is 0 Å². The van der Waals surface area contributed by atoms with E-state index in [-0.39, 0.29) is 0 Å². The summed E-state index contributed by atoms with van der Waals surface area (Å²) < 4.78 is 0. The van der Waals surface area contributed by atoms with E-state index in [0.717, 1.165) is 12.8 Å². The van der Waals surface area contributed by atoms with Gasteiger partial charge in [-0.3, -0.25) is 0 Å². The van der Waals surface area contributed by atoms with E-state index in [1.165, 1.54) is 0 Å². The summed E-state index contributed by atoms with van der Waals surface area (Å²) in [4.78, 5) is 0. The maximum atomic E-state index is 3.62. The summed E-state index contributed by atoms with van der Waals surface area (Å²) in [5.41, 5.74) is 0. The fourth-order valence-electron chi connectivity index (χ4n) is 0.213. The van der Waals surface area contributed by atoms with E-state index in [4.69, 9.17) is 0 Å². The molecule has 0 aliphatic heterocycles. The molecule has 0 saturated carbocycles. The van der Waals surface area contributed by atoms with E-state index < -0.39 is 0 Å². The molecular formula is C6H9. The first-order valence-electron chi connectivity index (χ1n) is 2.10. The molecule has 0 heterocycles. The van der Waals surface area contributed by atoms with Crippen LogP contribution in [0.5, 0.6) is 0 Å². The quantitative estimate of drug-likeness (QED) is 0.421. The molecule has 0 N–H and O–H groups in total. The second-order valence-corrected chi connectivity index (χ2v) is 1.03. The monoisotopic (exact) mass is 81.1 g/mol. The summed E-state index contributed by atoms with van der Waals surface area (Å²) in [6.07, 6.45) is 1.87. The Balaban J connectivity index is 2.79. The van der Waals surface area contributed by atoms with E-state index >= 15 is 0 Å². The lowest BCUT2D eigenvalue weighted by Gasteiger charge is -1.71. The maximum Gasteiger partial charge on any atom is 0.00885 e. The third-order valence-electron chi connectivity index (χ3n) is 0.479. The lowest BCUT2D eigenvalue weighted by atomic mass is 10.3. The van der Waals surface area contributed by atoms with E-state index in [1.54, 1.807) is 0 Å². The van der Waals surface area contributed by atoms with Gasteiger partial charge in [-0.25, -0.2) is 0 Å². The van der Waals surface area contributed by atoms with Crippen molar-refractivity contribution in [3.8, 4) is 11.8 Å². The van der Waals surface area contributed by atoms with Gasteiger partial charge in [0.1, 0.15) is 0 Å². The third kappa shape index (κ3) is 3.56. The predicted molar refractivity (Wildman–Crippen MR) is 28.0 cm³/mol. The highest BCUT2D eigenvalue weighted by Crippen LogP contribution is 1.78. The summed E-state index contributed by atoms with van der Waals surface area (Å²) in [5, 5.41) is 0. The molecule has 0 aliphatic rings. The molecule has 0 rings (SSSR count). The van der Waals surface area contributed by atoms with Crippen LogP contribution in [0.1, 0.15) is 19.8 Å². The molecule has 0 fully saturated rings. The fourth-order valence-corrected chi connectivity index (χ4v) is 0.213. The topological polar surface area (TPSA) is 0 Å². The highest BCUT2D eigenvalue weighted by Gasteiger charge is 1.63. The van der Waals surface area contributed by atoms with Crippen LogP contribution in [0.25, 0.3) is 0 Å². The maximum absolute atomic E-state index is 3.62. The van der Waals surface area contributed by atoms with Gasteiger partial charge >= 0.3 is 0 Å². The minimum atomic E-state index is 0.931. The van der Waals surface area contributed by atoms with Gasteiger partial charge in [0.2, 0.25) is 0 Å². The van der Waals surface area contributed by atoms with Crippen LogP contribution in [0.2, 0.25) is 0 Å². The van der Waals surface area contributed by atoms with Crippen LogP contribution in [0.4, 0.5) is 0 Å². The van der Waals surface area contributed by atoms with Crippen molar-refractivity contribution in [3.05, 3.63) is 6.92 Å². The van der Waals surface area contributed by atoms with Crippen molar-refractivity contribution in [2.75, 3.05) is 0 Å². The Bertz CT molecular complexity index is 61.8. The zero-order chi connectivity index (χ0) is 4.83. The van der Waals surface area contributed by atoms with Crippen molar-refractivity contribution in [2.45, 2.75) is 19.8 Å². The van der Waals surface area contributed by atoms with Crippen LogP contribution in [-0.2, 0) is 0 Å². The first kappa shape index (κ1) is 5.56. The molecule has 0 nitrogen and oxygen atoms in total. The number of hydrogen-bond acceptors (Lipinski definition) is 0. The van der Waals surface area contributed by atoms with Crippen molar-refractivity contribution in [1.29, 1.82) is 0 Å². The van der Waals surface area contributed by atoms with Gasteiger partial charge in [-0.1, -0.05) is 6.92 Å². The van der Waals surface area contributed by atoms with E-state index in [1.807, 2.05) is 6.92 Å². The average molecular weight is 81.1 g/mol. The van der Waals surface area contributed by atoms with Gasteiger partial charge in [0.25, 0.3) is 0 Å². The Morgan fingerprint density at radius 2 is 2.33 bits per heavy atom. The second kappa shape index (κ2) is 4.56. The van der Waals surface area contributed by atoms with Crippen molar-refractivity contribution < 1.29 is 0 Å². The lowest BCUT2D eigenvalue weighted by molar-refractivity contribution is 1.08. The molecule has 0 unspecified atom stereocenters. The molecule has 0 aromatic carbocycles. The van der Waals surface area contributed by atoms with Gasteiger partial charge < -0.3 is 0 Å². The van der Waals surface area contributed by atoms with Gasteiger partial charge in [-0.2, -0.15) is 0 Å². The molecule has 33 valence electrons. The molecule has 6 heavy (non-hydrogen) atoms.